The van der Waals surface area contributed by atoms with E-state index in [9.17, 15) is 9.59 Å². The number of piperidine rings is 1. The molecule has 1 atom stereocenters. The molecule has 0 spiro atoms. The van der Waals surface area contributed by atoms with Crippen molar-refractivity contribution in [3.63, 3.8) is 0 Å². The van der Waals surface area contributed by atoms with E-state index >= 15 is 0 Å². The maximum atomic E-state index is 11.9. The summed E-state index contributed by atoms with van der Waals surface area (Å²) in [4.78, 5) is 25.4. The summed E-state index contributed by atoms with van der Waals surface area (Å²) < 4.78 is 5.21. The van der Waals surface area contributed by atoms with Crippen molar-refractivity contribution in [1.29, 1.82) is 0 Å². The van der Waals surface area contributed by atoms with Gasteiger partial charge in [0.25, 0.3) is 0 Å². The predicted molar refractivity (Wildman–Crippen MR) is 78.8 cm³/mol. The summed E-state index contributed by atoms with van der Waals surface area (Å²) in [6, 6.07) is 0.242. The molecular formula is C13H23N3O3S. The van der Waals surface area contributed by atoms with Gasteiger partial charge in [0, 0.05) is 25.7 Å². The van der Waals surface area contributed by atoms with Crippen molar-refractivity contribution in [1.82, 2.24) is 15.5 Å². The molecule has 0 aromatic rings. The van der Waals surface area contributed by atoms with E-state index in [1.807, 2.05) is 0 Å². The lowest BCUT2D eigenvalue weighted by molar-refractivity contribution is -0.132. The standard InChI is InChI=1S/C13H23N3O3S/c17-12(15-11-2-1-3-14-8-11)9-20-10-13(18)16-4-6-19-7-5-16/h11,14H,1-10H2,(H,15,17). The van der Waals surface area contributed by atoms with Gasteiger partial charge in [-0.1, -0.05) is 0 Å². The zero-order chi connectivity index (χ0) is 14.2. The van der Waals surface area contributed by atoms with Gasteiger partial charge in [0.15, 0.2) is 0 Å². The number of ether oxygens (including phenoxy) is 1. The summed E-state index contributed by atoms with van der Waals surface area (Å²) >= 11 is 1.39. The number of rotatable bonds is 5. The Morgan fingerprint density at radius 1 is 1.30 bits per heavy atom. The van der Waals surface area contributed by atoms with Gasteiger partial charge in [0.2, 0.25) is 11.8 Å². The first-order valence-electron chi connectivity index (χ1n) is 7.19. The quantitative estimate of drug-likeness (QED) is 0.713. The molecule has 2 rings (SSSR count). The first-order valence-corrected chi connectivity index (χ1v) is 8.34. The van der Waals surface area contributed by atoms with E-state index in [4.69, 9.17) is 4.74 Å². The fourth-order valence-corrected chi connectivity index (χ4v) is 3.11. The molecule has 0 saturated carbocycles. The van der Waals surface area contributed by atoms with E-state index in [1.54, 1.807) is 4.90 Å². The molecule has 20 heavy (non-hydrogen) atoms. The minimum Gasteiger partial charge on any atom is -0.378 e. The van der Waals surface area contributed by atoms with Crippen LogP contribution in [0.3, 0.4) is 0 Å². The van der Waals surface area contributed by atoms with Crippen molar-refractivity contribution in [2.75, 3.05) is 50.9 Å². The fraction of sp³-hybridized carbons (Fsp3) is 0.846. The topological polar surface area (TPSA) is 70.7 Å². The highest BCUT2D eigenvalue weighted by atomic mass is 32.2. The summed E-state index contributed by atoms with van der Waals surface area (Å²) in [6.45, 7) is 4.45. The van der Waals surface area contributed by atoms with Crippen molar-refractivity contribution in [3.8, 4) is 0 Å². The molecular weight excluding hydrogens is 278 g/mol. The first-order chi connectivity index (χ1) is 9.75. The van der Waals surface area contributed by atoms with Crippen molar-refractivity contribution >= 4 is 23.6 Å². The molecule has 1 unspecified atom stereocenters. The van der Waals surface area contributed by atoms with Crippen LogP contribution in [0.2, 0.25) is 0 Å². The molecule has 2 aliphatic rings. The Bertz CT molecular complexity index is 329. The summed E-state index contributed by atoms with van der Waals surface area (Å²) in [7, 11) is 0. The van der Waals surface area contributed by atoms with E-state index in [1.165, 1.54) is 11.8 Å². The minimum absolute atomic E-state index is 0.0264. The molecule has 2 saturated heterocycles. The molecule has 2 fully saturated rings. The van der Waals surface area contributed by atoms with Gasteiger partial charge in [-0.25, -0.2) is 0 Å². The third kappa shape index (κ3) is 5.30. The second-order valence-electron chi connectivity index (χ2n) is 5.10. The van der Waals surface area contributed by atoms with Gasteiger partial charge < -0.3 is 20.3 Å². The van der Waals surface area contributed by atoms with Gasteiger partial charge in [0.05, 0.1) is 24.7 Å². The Morgan fingerprint density at radius 2 is 2.10 bits per heavy atom. The van der Waals surface area contributed by atoms with Crippen LogP contribution in [-0.4, -0.2) is 73.7 Å². The highest BCUT2D eigenvalue weighted by molar-refractivity contribution is 8.00. The molecule has 6 nitrogen and oxygen atoms in total. The molecule has 0 aromatic carbocycles. The van der Waals surface area contributed by atoms with Crippen LogP contribution in [0.1, 0.15) is 12.8 Å². The Morgan fingerprint density at radius 3 is 2.80 bits per heavy atom. The molecule has 0 bridgehead atoms. The third-order valence-electron chi connectivity index (χ3n) is 3.48. The fourth-order valence-electron chi connectivity index (χ4n) is 2.38. The molecule has 114 valence electrons. The number of carbonyl (C=O) groups excluding carboxylic acids is 2. The van der Waals surface area contributed by atoms with Crippen LogP contribution < -0.4 is 10.6 Å². The number of nitrogens with one attached hydrogen (secondary N) is 2. The number of amides is 2. The summed E-state index contributed by atoms with van der Waals surface area (Å²) in [6.07, 6.45) is 2.14. The van der Waals surface area contributed by atoms with E-state index < -0.39 is 0 Å². The zero-order valence-electron chi connectivity index (χ0n) is 11.7. The Hall–Kier alpha value is -0.790. The lowest BCUT2D eigenvalue weighted by atomic mass is 10.1. The van der Waals surface area contributed by atoms with E-state index in [0.717, 1.165) is 25.9 Å². The second-order valence-corrected chi connectivity index (χ2v) is 6.08. The lowest BCUT2D eigenvalue weighted by Crippen LogP contribution is -2.46. The van der Waals surface area contributed by atoms with Crippen LogP contribution in [0.25, 0.3) is 0 Å². The third-order valence-corrected chi connectivity index (χ3v) is 4.40. The molecule has 0 radical (unpaired) electrons. The molecule has 7 heteroatoms. The van der Waals surface area contributed by atoms with Gasteiger partial charge in [0.1, 0.15) is 0 Å². The Labute approximate surface area is 124 Å². The first kappa shape index (κ1) is 15.6. The van der Waals surface area contributed by atoms with E-state index in [0.29, 0.717) is 37.8 Å². The van der Waals surface area contributed by atoms with Gasteiger partial charge >= 0.3 is 0 Å². The summed E-state index contributed by atoms with van der Waals surface area (Å²) in [5.41, 5.74) is 0. The highest BCUT2D eigenvalue weighted by Crippen LogP contribution is 2.06. The largest absolute Gasteiger partial charge is 0.378 e. The van der Waals surface area contributed by atoms with Crippen LogP contribution in [0.4, 0.5) is 0 Å². The average Bonchev–Trinajstić information content (AvgIpc) is 2.49. The molecule has 2 amide bonds. The number of nitrogens with zero attached hydrogens (tertiary/aromatic N) is 1. The number of hydrogen-bond donors (Lipinski definition) is 2. The van der Waals surface area contributed by atoms with Gasteiger partial charge in [-0.2, -0.15) is 0 Å². The Balaban J connectivity index is 1.57. The normalized spacial score (nSPS) is 23.4. The second kappa shape index (κ2) is 8.49. The molecule has 2 heterocycles. The molecule has 2 N–H and O–H groups in total. The maximum Gasteiger partial charge on any atom is 0.232 e. The smallest absolute Gasteiger partial charge is 0.232 e. The number of hydrogen-bond acceptors (Lipinski definition) is 5. The average molecular weight is 301 g/mol. The number of carbonyl (C=O) groups is 2. The maximum absolute atomic E-state index is 11.9. The van der Waals surface area contributed by atoms with Crippen LogP contribution in [-0.2, 0) is 14.3 Å². The molecule has 2 aliphatic heterocycles. The van der Waals surface area contributed by atoms with E-state index in [2.05, 4.69) is 10.6 Å². The van der Waals surface area contributed by atoms with Crippen LogP contribution in [0.15, 0.2) is 0 Å². The van der Waals surface area contributed by atoms with Crippen molar-refractivity contribution in [3.05, 3.63) is 0 Å². The predicted octanol–water partition coefficient (Wildman–Crippen LogP) is -0.553. The summed E-state index contributed by atoms with van der Waals surface area (Å²) in [5.74, 6) is 0.854. The Kier molecular flexibility index (Phi) is 6.62. The van der Waals surface area contributed by atoms with Crippen molar-refractivity contribution in [2.24, 2.45) is 0 Å². The zero-order valence-corrected chi connectivity index (χ0v) is 12.5. The van der Waals surface area contributed by atoms with Crippen LogP contribution >= 0.6 is 11.8 Å². The lowest BCUT2D eigenvalue weighted by Gasteiger charge is -2.26. The monoisotopic (exact) mass is 301 g/mol. The highest BCUT2D eigenvalue weighted by Gasteiger charge is 2.18. The number of thioether (sulfide) groups is 1. The van der Waals surface area contributed by atoms with Gasteiger partial charge in [-0.15, -0.1) is 11.8 Å². The van der Waals surface area contributed by atoms with Crippen LogP contribution in [0, 0.1) is 0 Å². The summed E-state index contributed by atoms with van der Waals surface area (Å²) in [5, 5.41) is 6.27. The van der Waals surface area contributed by atoms with Crippen LogP contribution in [0.5, 0.6) is 0 Å². The number of morpholine rings is 1. The molecule has 0 aliphatic carbocycles. The van der Waals surface area contributed by atoms with Crippen molar-refractivity contribution < 1.29 is 14.3 Å². The van der Waals surface area contributed by atoms with Crippen molar-refractivity contribution in [2.45, 2.75) is 18.9 Å². The minimum atomic E-state index is 0.0264. The van der Waals surface area contributed by atoms with E-state index in [-0.39, 0.29) is 17.9 Å². The van der Waals surface area contributed by atoms with Gasteiger partial charge in [-0.05, 0) is 19.4 Å². The molecule has 0 aromatic heterocycles. The SMILES string of the molecule is O=C(CSCC(=O)N1CCOCC1)NC1CCCNC1. The van der Waals surface area contributed by atoms with Gasteiger partial charge in [-0.3, -0.25) is 9.59 Å².